The molecule has 0 radical (unpaired) electrons. The minimum absolute atomic E-state index is 0.0767. The Morgan fingerprint density at radius 2 is 1.92 bits per heavy atom. The van der Waals surface area contributed by atoms with E-state index in [4.69, 9.17) is 4.74 Å². The van der Waals surface area contributed by atoms with E-state index in [9.17, 15) is 4.79 Å². The normalized spacial score (nSPS) is 16.2. The molecule has 0 unspecified atom stereocenters. The first-order valence-electron chi connectivity index (χ1n) is 8.01. The van der Waals surface area contributed by atoms with Crippen LogP contribution in [0.2, 0.25) is 19.6 Å². The predicted octanol–water partition coefficient (Wildman–Crippen LogP) is 3.16. The van der Waals surface area contributed by atoms with Gasteiger partial charge in [0, 0.05) is 12.7 Å². The van der Waals surface area contributed by atoms with Gasteiger partial charge in [-0.25, -0.2) is 4.99 Å². The molecule has 0 atom stereocenters. The molecule has 2 rings (SSSR count). The molecule has 0 aliphatic carbocycles. The van der Waals surface area contributed by atoms with E-state index in [2.05, 4.69) is 36.1 Å². The van der Waals surface area contributed by atoms with Gasteiger partial charge in [0.1, 0.15) is 19.6 Å². The highest BCUT2D eigenvalue weighted by Gasteiger charge is 2.26. The van der Waals surface area contributed by atoms with Crippen LogP contribution in [0.1, 0.15) is 18.1 Å². The van der Waals surface area contributed by atoms with Gasteiger partial charge in [0.2, 0.25) is 0 Å². The van der Waals surface area contributed by atoms with E-state index in [0.717, 1.165) is 11.1 Å². The lowest BCUT2D eigenvalue weighted by molar-refractivity contribution is -0.123. The smallest absolute Gasteiger partial charge is 0.277 e. The standard InChI is InChI=1S/C19H24N2O2Si/c1-15-20-18(19(22)21(15)11-12-23-2)14-17-8-6-16(7-9-17)10-13-24(3,4)5/h6-9,14H,11-12H2,1-5H3. The molecular formula is C19H24N2O2Si. The number of nitrogens with zero attached hydrogens (tertiary/aromatic N) is 2. The Labute approximate surface area is 145 Å². The third-order valence-corrected chi connectivity index (χ3v) is 4.33. The summed E-state index contributed by atoms with van der Waals surface area (Å²) in [4.78, 5) is 18.4. The Balaban J connectivity index is 2.14. The van der Waals surface area contributed by atoms with Crippen LogP contribution in [0.15, 0.2) is 35.0 Å². The molecule has 0 fully saturated rings. The topological polar surface area (TPSA) is 41.9 Å². The molecule has 1 amide bonds. The molecule has 0 saturated heterocycles. The molecule has 4 nitrogen and oxygen atoms in total. The lowest BCUT2D eigenvalue weighted by Gasteiger charge is -2.14. The molecule has 1 heterocycles. The molecule has 0 spiro atoms. The number of amidine groups is 1. The first kappa shape index (κ1) is 18.2. The van der Waals surface area contributed by atoms with Crippen molar-refractivity contribution in [2.24, 2.45) is 4.99 Å². The molecule has 0 bridgehead atoms. The van der Waals surface area contributed by atoms with Crippen molar-refractivity contribution >= 4 is 25.9 Å². The number of amides is 1. The van der Waals surface area contributed by atoms with Gasteiger partial charge in [-0.05, 0) is 30.7 Å². The second-order valence-corrected chi connectivity index (χ2v) is 11.5. The summed E-state index contributed by atoms with van der Waals surface area (Å²) in [6.07, 6.45) is 1.81. The van der Waals surface area contributed by atoms with E-state index in [1.807, 2.05) is 37.3 Å². The molecule has 126 valence electrons. The minimum Gasteiger partial charge on any atom is -0.383 e. The van der Waals surface area contributed by atoms with Gasteiger partial charge in [-0.1, -0.05) is 37.7 Å². The zero-order valence-electron chi connectivity index (χ0n) is 15.0. The third kappa shape index (κ3) is 4.92. The van der Waals surface area contributed by atoms with Gasteiger partial charge in [0.15, 0.2) is 0 Å². The van der Waals surface area contributed by atoms with Crippen molar-refractivity contribution in [1.29, 1.82) is 0 Å². The van der Waals surface area contributed by atoms with Gasteiger partial charge >= 0.3 is 0 Å². The Morgan fingerprint density at radius 1 is 1.25 bits per heavy atom. The fourth-order valence-corrected chi connectivity index (χ4v) is 2.71. The Morgan fingerprint density at radius 3 is 2.50 bits per heavy atom. The number of benzene rings is 1. The van der Waals surface area contributed by atoms with Crippen LogP contribution in [0.3, 0.4) is 0 Å². The summed E-state index contributed by atoms with van der Waals surface area (Å²) in [5.41, 5.74) is 5.76. The van der Waals surface area contributed by atoms with Crippen molar-refractivity contribution in [1.82, 2.24) is 4.90 Å². The lowest BCUT2D eigenvalue weighted by atomic mass is 10.1. The summed E-state index contributed by atoms with van der Waals surface area (Å²) in [7, 11) is 0.251. The van der Waals surface area contributed by atoms with Crippen LogP contribution in [0.4, 0.5) is 0 Å². The van der Waals surface area contributed by atoms with Crippen LogP contribution < -0.4 is 0 Å². The summed E-state index contributed by atoms with van der Waals surface area (Å²) in [6, 6.07) is 7.91. The van der Waals surface area contributed by atoms with Crippen molar-refractivity contribution in [3.05, 3.63) is 41.1 Å². The molecule has 0 N–H and O–H groups in total. The Kier molecular flexibility index (Phi) is 5.76. The largest absolute Gasteiger partial charge is 0.383 e. The minimum atomic E-state index is -1.37. The molecule has 1 aliphatic rings. The van der Waals surface area contributed by atoms with Crippen molar-refractivity contribution in [3.63, 3.8) is 0 Å². The average Bonchev–Trinajstić information content (AvgIpc) is 2.78. The first-order valence-corrected chi connectivity index (χ1v) is 11.5. The highest BCUT2D eigenvalue weighted by atomic mass is 28.3. The first-order chi connectivity index (χ1) is 11.3. The quantitative estimate of drug-likeness (QED) is 0.480. The van der Waals surface area contributed by atoms with Crippen LogP contribution in [-0.4, -0.2) is 45.0 Å². The third-order valence-electron chi connectivity index (χ3n) is 3.45. The second kappa shape index (κ2) is 7.60. The van der Waals surface area contributed by atoms with Crippen LogP contribution in [-0.2, 0) is 9.53 Å². The number of carbonyl (C=O) groups excluding carboxylic acids is 1. The van der Waals surface area contributed by atoms with Crippen LogP contribution >= 0.6 is 0 Å². The molecule has 0 saturated carbocycles. The zero-order chi connectivity index (χ0) is 17.7. The molecule has 1 aromatic rings. The van der Waals surface area contributed by atoms with Crippen LogP contribution in [0.25, 0.3) is 6.08 Å². The SMILES string of the molecule is COCCN1C(=O)C(=Cc2ccc(C#C[Si](C)(C)C)cc2)N=C1C. The van der Waals surface area contributed by atoms with Crippen molar-refractivity contribution in [3.8, 4) is 11.5 Å². The van der Waals surface area contributed by atoms with Crippen molar-refractivity contribution in [2.45, 2.75) is 26.6 Å². The summed E-state index contributed by atoms with van der Waals surface area (Å²) >= 11 is 0. The van der Waals surface area contributed by atoms with Gasteiger partial charge in [-0.2, -0.15) is 0 Å². The maximum Gasteiger partial charge on any atom is 0.277 e. The fourth-order valence-electron chi connectivity index (χ4n) is 2.19. The van der Waals surface area contributed by atoms with Gasteiger partial charge in [0.25, 0.3) is 5.91 Å². The maximum atomic E-state index is 12.4. The van der Waals surface area contributed by atoms with Crippen LogP contribution in [0.5, 0.6) is 0 Å². The molecule has 5 heteroatoms. The summed E-state index contributed by atoms with van der Waals surface area (Å²) in [5.74, 6) is 3.86. The van der Waals surface area contributed by atoms with Gasteiger partial charge in [-0.3, -0.25) is 9.69 Å². The maximum absolute atomic E-state index is 12.4. The van der Waals surface area contributed by atoms with E-state index in [1.165, 1.54) is 0 Å². The molecule has 1 aliphatic heterocycles. The van der Waals surface area contributed by atoms with Crippen molar-refractivity contribution in [2.75, 3.05) is 20.3 Å². The fraction of sp³-hybridized carbons (Fsp3) is 0.368. The van der Waals surface area contributed by atoms with E-state index < -0.39 is 8.07 Å². The lowest BCUT2D eigenvalue weighted by Crippen LogP contribution is -2.33. The highest BCUT2D eigenvalue weighted by Crippen LogP contribution is 2.18. The molecule has 1 aromatic carbocycles. The zero-order valence-corrected chi connectivity index (χ0v) is 16.0. The highest BCUT2D eigenvalue weighted by molar-refractivity contribution is 6.83. The van der Waals surface area contributed by atoms with Gasteiger partial charge in [-0.15, -0.1) is 5.54 Å². The van der Waals surface area contributed by atoms with E-state index in [-0.39, 0.29) is 5.91 Å². The monoisotopic (exact) mass is 340 g/mol. The molecule has 24 heavy (non-hydrogen) atoms. The van der Waals surface area contributed by atoms with E-state index in [0.29, 0.717) is 24.7 Å². The summed E-state index contributed by atoms with van der Waals surface area (Å²) < 4.78 is 5.04. The number of hydrogen-bond donors (Lipinski definition) is 0. The Bertz CT molecular complexity index is 731. The number of hydrogen-bond acceptors (Lipinski definition) is 3. The number of ether oxygens (including phenoxy) is 1. The summed E-state index contributed by atoms with van der Waals surface area (Å²) in [5, 5.41) is 0. The number of methoxy groups -OCH3 is 1. The Hall–Kier alpha value is -2.16. The van der Waals surface area contributed by atoms with E-state index in [1.54, 1.807) is 12.0 Å². The second-order valence-electron chi connectivity index (χ2n) is 6.76. The van der Waals surface area contributed by atoms with Gasteiger partial charge in [0.05, 0.1) is 13.2 Å². The number of rotatable bonds is 4. The van der Waals surface area contributed by atoms with Crippen molar-refractivity contribution < 1.29 is 9.53 Å². The van der Waals surface area contributed by atoms with Crippen LogP contribution in [0, 0.1) is 11.5 Å². The number of carbonyl (C=O) groups is 1. The molecular weight excluding hydrogens is 316 g/mol. The van der Waals surface area contributed by atoms with E-state index >= 15 is 0 Å². The molecule has 0 aromatic heterocycles. The average molecular weight is 340 g/mol. The number of aliphatic imine (C=N–C) groups is 1. The van der Waals surface area contributed by atoms with Gasteiger partial charge < -0.3 is 4.74 Å². The summed E-state index contributed by atoms with van der Waals surface area (Å²) in [6.45, 7) is 9.52. The predicted molar refractivity (Wildman–Crippen MR) is 101 cm³/mol.